The first-order valence-corrected chi connectivity index (χ1v) is 5.76. The highest BCUT2D eigenvalue weighted by Crippen LogP contribution is 2.34. The lowest BCUT2D eigenvalue weighted by Crippen LogP contribution is -1.97. The van der Waals surface area contributed by atoms with E-state index in [9.17, 15) is 10.1 Å². The van der Waals surface area contributed by atoms with Crippen LogP contribution >= 0.6 is 0 Å². The van der Waals surface area contributed by atoms with E-state index in [0.29, 0.717) is 11.4 Å². The fourth-order valence-electron chi connectivity index (χ4n) is 1.62. The summed E-state index contributed by atoms with van der Waals surface area (Å²) in [6, 6.07) is 6.44. The van der Waals surface area contributed by atoms with Crippen LogP contribution < -0.4 is 10.5 Å². The summed E-state index contributed by atoms with van der Waals surface area (Å²) in [6.07, 6.45) is 3.66. The predicted molar refractivity (Wildman–Crippen MR) is 71.2 cm³/mol. The van der Waals surface area contributed by atoms with Gasteiger partial charge in [-0.3, -0.25) is 15.1 Å². The Morgan fingerprint density at radius 1 is 1.37 bits per heavy atom. The van der Waals surface area contributed by atoms with Gasteiger partial charge in [-0.1, -0.05) is 13.0 Å². The van der Waals surface area contributed by atoms with Crippen molar-refractivity contribution in [1.29, 1.82) is 0 Å². The van der Waals surface area contributed by atoms with E-state index in [1.54, 1.807) is 18.2 Å². The highest BCUT2D eigenvalue weighted by atomic mass is 16.6. The average molecular weight is 259 g/mol. The number of hydrogen-bond acceptors (Lipinski definition) is 5. The van der Waals surface area contributed by atoms with E-state index in [0.717, 1.165) is 12.0 Å². The zero-order chi connectivity index (χ0) is 13.8. The quantitative estimate of drug-likeness (QED) is 0.673. The van der Waals surface area contributed by atoms with Gasteiger partial charge in [0, 0.05) is 18.3 Å². The first-order valence-electron chi connectivity index (χ1n) is 5.76. The molecule has 0 unspecified atom stereocenters. The molecular weight excluding hydrogens is 246 g/mol. The fourth-order valence-corrected chi connectivity index (χ4v) is 1.62. The third-order valence-corrected chi connectivity index (χ3v) is 2.66. The lowest BCUT2D eigenvalue weighted by molar-refractivity contribution is -0.385. The van der Waals surface area contributed by atoms with Crippen molar-refractivity contribution in [3.05, 3.63) is 52.3 Å². The molecule has 1 heterocycles. The summed E-state index contributed by atoms with van der Waals surface area (Å²) in [5.74, 6) is 0.516. The summed E-state index contributed by atoms with van der Waals surface area (Å²) in [5.41, 5.74) is 6.83. The highest BCUT2D eigenvalue weighted by molar-refractivity contribution is 5.56. The van der Waals surface area contributed by atoms with Gasteiger partial charge in [-0.2, -0.15) is 0 Å². The zero-order valence-electron chi connectivity index (χ0n) is 10.4. The Kier molecular flexibility index (Phi) is 3.61. The van der Waals surface area contributed by atoms with Gasteiger partial charge < -0.3 is 10.5 Å². The molecule has 0 fully saturated rings. The summed E-state index contributed by atoms with van der Waals surface area (Å²) in [4.78, 5) is 14.4. The molecule has 0 aliphatic heterocycles. The van der Waals surface area contributed by atoms with Crippen LogP contribution in [0.1, 0.15) is 12.5 Å². The van der Waals surface area contributed by atoms with Crippen LogP contribution in [0.5, 0.6) is 11.5 Å². The summed E-state index contributed by atoms with van der Waals surface area (Å²) in [7, 11) is 0. The second-order valence-electron chi connectivity index (χ2n) is 3.93. The van der Waals surface area contributed by atoms with E-state index in [1.807, 2.05) is 6.92 Å². The SMILES string of the molecule is CCc1ccc(Oc2ccncc2N)c([N+](=O)[O-])c1. The lowest BCUT2D eigenvalue weighted by Gasteiger charge is -2.08. The van der Waals surface area contributed by atoms with Crippen LogP contribution in [0.25, 0.3) is 0 Å². The highest BCUT2D eigenvalue weighted by Gasteiger charge is 2.17. The lowest BCUT2D eigenvalue weighted by atomic mass is 10.1. The van der Waals surface area contributed by atoms with Gasteiger partial charge >= 0.3 is 5.69 Å². The molecule has 0 amide bonds. The molecule has 19 heavy (non-hydrogen) atoms. The van der Waals surface area contributed by atoms with Crippen molar-refractivity contribution in [3.8, 4) is 11.5 Å². The number of nitro groups is 1. The maximum atomic E-state index is 11.0. The Labute approximate surface area is 110 Å². The third kappa shape index (κ3) is 2.79. The molecule has 0 bridgehead atoms. The van der Waals surface area contributed by atoms with Gasteiger partial charge in [0.2, 0.25) is 5.75 Å². The minimum Gasteiger partial charge on any atom is -0.448 e. The Morgan fingerprint density at radius 3 is 2.79 bits per heavy atom. The summed E-state index contributed by atoms with van der Waals surface area (Å²) in [5, 5.41) is 11.0. The molecule has 98 valence electrons. The van der Waals surface area contributed by atoms with Crippen LogP contribution in [0.15, 0.2) is 36.7 Å². The molecule has 2 N–H and O–H groups in total. The molecule has 1 aromatic carbocycles. The van der Waals surface area contributed by atoms with Crippen molar-refractivity contribution >= 4 is 11.4 Å². The Balaban J connectivity index is 2.40. The number of nitrogens with two attached hydrogens (primary N) is 1. The van der Waals surface area contributed by atoms with Gasteiger partial charge in [-0.05, 0) is 18.1 Å². The van der Waals surface area contributed by atoms with Gasteiger partial charge in [0.25, 0.3) is 0 Å². The Bertz CT molecular complexity index is 614. The van der Waals surface area contributed by atoms with Gasteiger partial charge in [-0.25, -0.2) is 0 Å². The topological polar surface area (TPSA) is 91.3 Å². The van der Waals surface area contributed by atoms with Gasteiger partial charge in [0.1, 0.15) is 0 Å². The minimum absolute atomic E-state index is 0.0736. The molecule has 2 aromatic rings. The normalized spacial score (nSPS) is 10.2. The number of nitrogens with zero attached hydrogens (tertiary/aromatic N) is 2. The van der Waals surface area contributed by atoms with E-state index < -0.39 is 4.92 Å². The maximum absolute atomic E-state index is 11.0. The van der Waals surface area contributed by atoms with E-state index in [-0.39, 0.29) is 11.4 Å². The number of rotatable bonds is 4. The predicted octanol–water partition coefficient (Wildman–Crippen LogP) is 2.93. The smallest absolute Gasteiger partial charge is 0.311 e. The number of ether oxygens (including phenoxy) is 1. The Hall–Kier alpha value is -2.63. The molecule has 2 rings (SSSR count). The third-order valence-electron chi connectivity index (χ3n) is 2.66. The minimum atomic E-state index is -0.466. The number of aromatic nitrogens is 1. The monoisotopic (exact) mass is 259 g/mol. The molecule has 0 spiro atoms. The number of pyridine rings is 1. The molecule has 0 saturated carbocycles. The van der Waals surface area contributed by atoms with Gasteiger partial charge in [-0.15, -0.1) is 0 Å². The Morgan fingerprint density at radius 2 is 2.16 bits per heavy atom. The number of nitrogen functional groups attached to an aromatic ring is 1. The van der Waals surface area contributed by atoms with Crippen molar-refractivity contribution in [2.45, 2.75) is 13.3 Å². The van der Waals surface area contributed by atoms with Crippen molar-refractivity contribution < 1.29 is 9.66 Å². The largest absolute Gasteiger partial charge is 0.448 e. The van der Waals surface area contributed by atoms with E-state index in [2.05, 4.69) is 4.98 Å². The molecule has 0 atom stereocenters. The molecule has 6 heteroatoms. The average Bonchev–Trinajstić information content (AvgIpc) is 2.41. The van der Waals surface area contributed by atoms with Crippen LogP contribution in [0.4, 0.5) is 11.4 Å². The number of nitro benzene ring substituents is 1. The summed E-state index contributed by atoms with van der Waals surface area (Å²) < 4.78 is 5.49. The molecule has 0 radical (unpaired) electrons. The molecule has 6 nitrogen and oxygen atoms in total. The van der Waals surface area contributed by atoms with Gasteiger partial charge in [0.05, 0.1) is 16.8 Å². The molecular formula is C13H13N3O3. The van der Waals surface area contributed by atoms with Gasteiger partial charge in [0.15, 0.2) is 5.75 Å². The summed E-state index contributed by atoms with van der Waals surface area (Å²) in [6.45, 7) is 1.93. The molecule has 0 aliphatic rings. The number of benzene rings is 1. The fraction of sp³-hybridized carbons (Fsp3) is 0.154. The van der Waals surface area contributed by atoms with Crippen LogP contribution in [0, 0.1) is 10.1 Å². The standard InChI is InChI=1S/C13H13N3O3/c1-2-9-3-4-13(11(7-9)16(17)18)19-12-5-6-15-8-10(12)14/h3-8H,2,14H2,1H3. The molecule has 1 aromatic heterocycles. The van der Waals surface area contributed by atoms with E-state index in [4.69, 9.17) is 10.5 Å². The molecule has 0 aliphatic carbocycles. The maximum Gasteiger partial charge on any atom is 0.311 e. The second kappa shape index (κ2) is 5.34. The van der Waals surface area contributed by atoms with Crippen LogP contribution in [0.2, 0.25) is 0 Å². The van der Waals surface area contributed by atoms with Crippen LogP contribution in [-0.2, 0) is 6.42 Å². The molecule has 0 saturated heterocycles. The first kappa shape index (κ1) is 12.8. The second-order valence-corrected chi connectivity index (χ2v) is 3.93. The van der Waals surface area contributed by atoms with E-state index in [1.165, 1.54) is 18.5 Å². The first-order chi connectivity index (χ1) is 9.11. The van der Waals surface area contributed by atoms with E-state index >= 15 is 0 Å². The van der Waals surface area contributed by atoms with Crippen molar-refractivity contribution in [2.24, 2.45) is 0 Å². The van der Waals surface area contributed by atoms with Crippen molar-refractivity contribution in [1.82, 2.24) is 4.98 Å². The number of anilines is 1. The summed E-state index contributed by atoms with van der Waals surface area (Å²) >= 11 is 0. The number of aryl methyl sites for hydroxylation is 1. The van der Waals surface area contributed by atoms with Crippen LogP contribution in [-0.4, -0.2) is 9.91 Å². The zero-order valence-corrected chi connectivity index (χ0v) is 10.4. The van der Waals surface area contributed by atoms with Crippen molar-refractivity contribution in [3.63, 3.8) is 0 Å². The van der Waals surface area contributed by atoms with Crippen LogP contribution in [0.3, 0.4) is 0 Å². The number of hydrogen-bond donors (Lipinski definition) is 1. The van der Waals surface area contributed by atoms with Crippen molar-refractivity contribution in [2.75, 3.05) is 5.73 Å².